The number of ether oxygens (including phenoxy) is 1. The third-order valence-electron chi connectivity index (χ3n) is 3.45. The Morgan fingerprint density at radius 2 is 2.00 bits per heavy atom. The molecule has 0 bridgehead atoms. The molecule has 0 aliphatic carbocycles. The highest BCUT2D eigenvalue weighted by Gasteiger charge is 2.14. The van der Waals surface area contributed by atoms with Crippen molar-refractivity contribution in [2.75, 3.05) is 25.7 Å². The van der Waals surface area contributed by atoms with Gasteiger partial charge in [-0.25, -0.2) is 0 Å². The van der Waals surface area contributed by atoms with Gasteiger partial charge in [-0.1, -0.05) is 25.1 Å². The van der Waals surface area contributed by atoms with Crippen LogP contribution in [0.15, 0.2) is 24.3 Å². The van der Waals surface area contributed by atoms with Crippen LogP contribution in [0.3, 0.4) is 0 Å². The van der Waals surface area contributed by atoms with Gasteiger partial charge in [0.2, 0.25) is 0 Å². The van der Waals surface area contributed by atoms with Gasteiger partial charge in [-0.3, -0.25) is 0 Å². The molecule has 2 unspecified atom stereocenters. The van der Waals surface area contributed by atoms with E-state index in [1.807, 2.05) is 0 Å². The lowest BCUT2D eigenvalue weighted by atomic mass is 10.0. The van der Waals surface area contributed by atoms with Gasteiger partial charge in [-0.15, -0.1) is 0 Å². The minimum Gasteiger partial charge on any atom is -0.383 e. The van der Waals surface area contributed by atoms with E-state index in [2.05, 4.69) is 50.1 Å². The summed E-state index contributed by atoms with van der Waals surface area (Å²) in [7, 11) is 3.85. The predicted octanol–water partition coefficient (Wildman–Crippen LogP) is 2.44. The summed E-state index contributed by atoms with van der Waals surface area (Å²) in [6.07, 6.45) is 1.93. The zero-order valence-electron chi connectivity index (χ0n) is 12.0. The maximum atomic E-state index is 6.07. The SMILES string of the molecule is CCC(N)Cc1ccccc1N(C)C(C)COC. The summed E-state index contributed by atoms with van der Waals surface area (Å²) >= 11 is 0. The van der Waals surface area contributed by atoms with Crippen molar-refractivity contribution in [2.24, 2.45) is 5.73 Å². The number of anilines is 1. The number of rotatable bonds is 7. The van der Waals surface area contributed by atoms with Crippen molar-refractivity contribution in [1.82, 2.24) is 0 Å². The van der Waals surface area contributed by atoms with Crippen LogP contribution in [0.5, 0.6) is 0 Å². The van der Waals surface area contributed by atoms with E-state index in [4.69, 9.17) is 10.5 Å². The van der Waals surface area contributed by atoms with E-state index in [1.54, 1.807) is 7.11 Å². The molecule has 0 aliphatic heterocycles. The van der Waals surface area contributed by atoms with Crippen LogP contribution in [0.1, 0.15) is 25.8 Å². The molecule has 0 aromatic heterocycles. The number of likely N-dealkylation sites (N-methyl/N-ethyl adjacent to an activating group) is 1. The largest absolute Gasteiger partial charge is 0.383 e. The van der Waals surface area contributed by atoms with E-state index in [-0.39, 0.29) is 6.04 Å². The summed E-state index contributed by atoms with van der Waals surface area (Å²) < 4.78 is 5.22. The Hall–Kier alpha value is -1.06. The highest BCUT2D eigenvalue weighted by Crippen LogP contribution is 2.22. The molecule has 2 N–H and O–H groups in total. The van der Waals surface area contributed by atoms with Crippen molar-refractivity contribution in [3.05, 3.63) is 29.8 Å². The Labute approximate surface area is 111 Å². The molecule has 1 aromatic rings. The molecular formula is C15H26N2O. The standard InChI is InChI=1S/C15H26N2O/c1-5-14(16)10-13-8-6-7-9-15(13)17(3)12(2)11-18-4/h6-9,12,14H,5,10-11,16H2,1-4H3. The fourth-order valence-electron chi connectivity index (χ4n) is 2.04. The molecule has 0 aliphatic rings. The summed E-state index contributed by atoms with van der Waals surface area (Å²) in [6, 6.07) is 9.07. The van der Waals surface area contributed by atoms with Gasteiger partial charge in [0.05, 0.1) is 6.61 Å². The first kappa shape index (κ1) is 15.0. The number of benzene rings is 1. The van der Waals surface area contributed by atoms with Crippen LogP contribution in [0.4, 0.5) is 5.69 Å². The minimum atomic E-state index is 0.234. The molecule has 0 saturated heterocycles. The molecule has 18 heavy (non-hydrogen) atoms. The number of para-hydroxylation sites is 1. The third kappa shape index (κ3) is 4.00. The molecule has 0 saturated carbocycles. The van der Waals surface area contributed by atoms with E-state index in [0.29, 0.717) is 6.04 Å². The molecule has 0 radical (unpaired) electrons. The second kappa shape index (κ2) is 7.39. The van der Waals surface area contributed by atoms with E-state index >= 15 is 0 Å². The molecule has 0 spiro atoms. The molecule has 0 heterocycles. The van der Waals surface area contributed by atoms with Gasteiger partial charge in [-0.05, 0) is 31.4 Å². The maximum absolute atomic E-state index is 6.07. The normalized spacial score (nSPS) is 14.3. The highest BCUT2D eigenvalue weighted by atomic mass is 16.5. The smallest absolute Gasteiger partial charge is 0.0663 e. The minimum absolute atomic E-state index is 0.234. The van der Waals surface area contributed by atoms with Gasteiger partial charge in [0.15, 0.2) is 0 Å². The quantitative estimate of drug-likeness (QED) is 0.808. The zero-order valence-corrected chi connectivity index (χ0v) is 12.0. The topological polar surface area (TPSA) is 38.5 Å². The molecule has 3 nitrogen and oxygen atoms in total. The molecule has 102 valence electrons. The van der Waals surface area contributed by atoms with Crippen LogP contribution in [-0.2, 0) is 11.2 Å². The van der Waals surface area contributed by atoms with Crippen LogP contribution in [-0.4, -0.2) is 32.8 Å². The number of nitrogens with zero attached hydrogens (tertiary/aromatic N) is 1. The summed E-state index contributed by atoms with van der Waals surface area (Å²) in [5.74, 6) is 0. The van der Waals surface area contributed by atoms with Crippen LogP contribution in [0.2, 0.25) is 0 Å². The molecule has 3 heteroatoms. The number of methoxy groups -OCH3 is 1. The lowest BCUT2D eigenvalue weighted by Crippen LogP contribution is -2.34. The van der Waals surface area contributed by atoms with Crippen molar-refractivity contribution in [2.45, 2.75) is 38.8 Å². The average molecular weight is 250 g/mol. The monoisotopic (exact) mass is 250 g/mol. The van der Waals surface area contributed by atoms with Crippen LogP contribution < -0.4 is 10.6 Å². The second-order valence-electron chi connectivity index (χ2n) is 4.92. The fraction of sp³-hybridized carbons (Fsp3) is 0.600. The summed E-state index contributed by atoms with van der Waals surface area (Å²) in [5, 5.41) is 0. The predicted molar refractivity (Wildman–Crippen MR) is 78.2 cm³/mol. The molecular weight excluding hydrogens is 224 g/mol. The van der Waals surface area contributed by atoms with E-state index in [9.17, 15) is 0 Å². The second-order valence-corrected chi connectivity index (χ2v) is 4.92. The van der Waals surface area contributed by atoms with Crippen LogP contribution in [0, 0.1) is 0 Å². The fourth-order valence-corrected chi connectivity index (χ4v) is 2.04. The highest BCUT2D eigenvalue weighted by molar-refractivity contribution is 5.54. The molecule has 1 rings (SSSR count). The maximum Gasteiger partial charge on any atom is 0.0663 e. The van der Waals surface area contributed by atoms with E-state index in [0.717, 1.165) is 19.4 Å². The summed E-state index contributed by atoms with van der Waals surface area (Å²) in [4.78, 5) is 2.27. The average Bonchev–Trinajstić information content (AvgIpc) is 2.38. The van der Waals surface area contributed by atoms with E-state index in [1.165, 1.54) is 11.3 Å². The lowest BCUT2D eigenvalue weighted by molar-refractivity contribution is 0.183. The molecule has 1 aromatic carbocycles. The Morgan fingerprint density at radius 1 is 1.33 bits per heavy atom. The van der Waals surface area contributed by atoms with Gasteiger partial charge < -0.3 is 15.4 Å². The number of hydrogen-bond donors (Lipinski definition) is 1. The Balaban J connectivity index is 2.86. The number of hydrogen-bond acceptors (Lipinski definition) is 3. The Kier molecular flexibility index (Phi) is 6.16. The lowest BCUT2D eigenvalue weighted by Gasteiger charge is -2.29. The Morgan fingerprint density at radius 3 is 2.61 bits per heavy atom. The first-order valence-corrected chi connectivity index (χ1v) is 6.65. The molecule has 0 amide bonds. The van der Waals surface area contributed by atoms with Gasteiger partial charge in [0.1, 0.15) is 0 Å². The van der Waals surface area contributed by atoms with Crippen LogP contribution >= 0.6 is 0 Å². The summed E-state index contributed by atoms with van der Waals surface area (Å²) in [6.45, 7) is 5.02. The Bertz CT molecular complexity index is 354. The van der Waals surface area contributed by atoms with Gasteiger partial charge in [0, 0.05) is 31.9 Å². The van der Waals surface area contributed by atoms with Crippen molar-refractivity contribution in [1.29, 1.82) is 0 Å². The van der Waals surface area contributed by atoms with Gasteiger partial charge >= 0.3 is 0 Å². The summed E-state index contributed by atoms with van der Waals surface area (Å²) in [5.41, 5.74) is 8.64. The van der Waals surface area contributed by atoms with Gasteiger partial charge in [-0.2, -0.15) is 0 Å². The van der Waals surface area contributed by atoms with Crippen LogP contribution in [0.25, 0.3) is 0 Å². The number of nitrogens with two attached hydrogens (primary N) is 1. The van der Waals surface area contributed by atoms with Crippen molar-refractivity contribution in [3.63, 3.8) is 0 Å². The van der Waals surface area contributed by atoms with Crippen molar-refractivity contribution < 1.29 is 4.74 Å². The van der Waals surface area contributed by atoms with Crippen molar-refractivity contribution in [3.8, 4) is 0 Å². The third-order valence-corrected chi connectivity index (χ3v) is 3.45. The first-order chi connectivity index (χ1) is 8.60. The van der Waals surface area contributed by atoms with Crippen molar-refractivity contribution >= 4 is 5.69 Å². The van der Waals surface area contributed by atoms with Gasteiger partial charge in [0.25, 0.3) is 0 Å². The molecule has 2 atom stereocenters. The zero-order chi connectivity index (χ0) is 13.5. The first-order valence-electron chi connectivity index (χ1n) is 6.65. The van der Waals surface area contributed by atoms with E-state index < -0.39 is 0 Å². The molecule has 0 fully saturated rings.